The summed E-state index contributed by atoms with van der Waals surface area (Å²) < 4.78 is 0. The molecule has 0 rings (SSSR count). The zero-order valence-corrected chi connectivity index (χ0v) is 10.4. The molecule has 0 atom stereocenters. The van der Waals surface area contributed by atoms with Crippen LogP contribution < -0.4 is 0 Å². The lowest BCUT2D eigenvalue weighted by atomic mass is 9.43. The van der Waals surface area contributed by atoms with Gasteiger partial charge in [0.15, 0.2) is 0 Å². The lowest BCUT2D eigenvalue weighted by Crippen LogP contribution is -2.07. The molecule has 0 N–H and O–H groups in total. The highest BCUT2D eigenvalue weighted by molar-refractivity contribution is 6.58. The van der Waals surface area contributed by atoms with Crippen LogP contribution in [0.3, 0.4) is 0 Å². The summed E-state index contributed by atoms with van der Waals surface area (Å²) >= 11 is 0. The molecule has 0 aromatic rings. The van der Waals surface area contributed by atoms with Crippen molar-refractivity contribution < 1.29 is 0 Å². The van der Waals surface area contributed by atoms with Crippen LogP contribution in [0.2, 0.25) is 19.0 Å². The minimum atomic E-state index is 0.991. The monoisotopic (exact) mass is 194 g/mol. The summed E-state index contributed by atoms with van der Waals surface area (Å²) in [7, 11) is 0. The van der Waals surface area contributed by atoms with Gasteiger partial charge >= 0.3 is 0 Å². The van der Waals surface area contributed by atoms with Crippen LogP contribution in [0.5, 0.6) is 0 Å². The maximum atomic E-state index is 2.32. The fourth-order valence-electron chi connectivity index (χ4n) is 1.91. The topological polar surface area (TPSA) is 0 Å². The molecular formula is C13H27B. The average Bonchev–Trinajstić information content (AvgIpc) is 2.22. The van der Waals surface area contributed by atoms with Gasteiger partial charge in [0.25, 0.3) is 0 Å². The fraction of sp³-hybridized carbons (Fsp3) is 0.846. The van der Waals surface area contributed by atoms with Gasteiger partial charge in [-0.05, 0) is 19.8 Å². The molecule has 14 heavy (non-hydrogen) atoms. The van der Waals surface area contributed by atoms with E-state index in [9.17, 15) is 0 Å². The first-order valence-electron chi connectivity index (χ1n) is 6.46. The van der Waals surface area contributed by atoms with Crippen LogP contribution in [0.15, 0.2) is 12.2 Å². The van der Waals surface area contributed by atoms with Gasteiger partial charge in [-0.2, -0.15) is 0 Å². The molecule has 0 radical (unpaired) electrons. The highest BCUT2D eigenvalue weighted by Crippen LogP contribution is 2.12. The predicted molar refractivity (Wildman–Crippen MR) is 69.4 cm³/mol. The number of rotatable bonds is 9. The Labute approximate surface area is 91.3 Å². The van der Waals surface area contributed by atoms with Gasteiger partial charge in [-0.1, -0.05) is 64.2 Å². The van der Waals surface area contributed by atoms with Crippen molar-refractivity contribution in [3.8, 4) is 0 Å². The molecule has 0 aliphatic carbocycles. The first-order valence-corrected chi connectivity index (χ1v) is 6.46. The zero-order chi connectivity index (χ0) is 10.6. The number of unbranched alkanes of at least 4 members (excludes halogenated alkanes) is 4. The van der Waals surface area contributed by atoms with E-state index in [1.165, 1.54) is 51.1 Å². The Morgan fingerprint density at radius 1 is 0.929 bits per heavy atom. The summed E-state index contributed by atoms with van der Waals surface area (Å²) in [6.45, 7) is 7.73. The van der Waals surface area contributed by atoms with E-state index in [0.717, 1.165) is 6.71 Å². The van der Waals surface area contributed by atoms with E-state index in [1.54, 1.807) is 0 Å². The van der Waals surface area contributed by atoms with Crippen molar-refractivity contribution in [1.29, 1.82) is 0 Å². The van der Waals surface area contributed by atoms with Gasteiger partial charge in [0.05, 0.1) is 0 Å². The third-order valence-corrected chi connectivity index (χ3v) is 3.12. The van der Waals surface area contributed by atoms with Crippen molar-refractivity contribution in [3.05, 3.63) is 12.2 Å². The van der Waals surface area contributed by atoms with Gasteiger partial charge in [0.2, 0.25) is 0 Å². The molecule has 0 fully saturated rings. The van der Waals surface area contributed by atoms with E-state index >= 15 is 0 Å². The molecule has 0 aliphatic heterocycles. The largest absolute Gasteiger partial charge is 0.139 e. The Balaban J connectivity index is 3.12. The third-order valence-electron chi connectivity index (χ3n) is 3.12. The van der Waals surface area contributed by atoms with Crippen LogP contribution in [-0.4, -0.2) is 6.71 Å². The summed E-state index contributed by atoms with van der Waals surface area (Å²) in [5, 5.41) is 0. The van der Waals surface area contributed by atoms with Crippen LogP contribution in [0, 0.1) is 0 Å². The number of allylic oxidation sites excluding steroid dienone is 2. The maximum absolute atomic E-state index is 2.32. The maximum Gasteiger partial charge on any atom is 0.139 e. The summed E-state index contributed by atoms with van der Waals surface area (Å²) in [4.78, 5) is 0. The van der Waals surface area contributed by atoms with Crippen molar-refractivity contribution >= 4 is 6.71 Å². The van der Waals surface area contributed by atoms with E-state index in [-0.39, 0.29) is 0 Å². The Morgan fingerprint density at radius 3 is 2.14 bits per heavy atom. The number of hydrogen-bond acceptors (Lipinski definition) is 0. The molecule has 0 saturated heterocycles. The van der Waals surface area contributed by atoms with Gasteiger partial charge in [-0.3, -0.25) is 0 Å². The highest BCUT2D eigenvalue weighted by atomic mass is 13.9. The van der Waals surface area contributed by atoms with E-state index in [0.29, 0.717) is 0 Å². The Morgan fingerprint density at radius 2 is 1.57 bits per heavy atom. The summed E-state index contributed by atoms with van der Waals surface area (Å²) in [5.74, 6) is 0. The lowest BCUT2D eigenvalue weighted by molar-refractivity contribution is 0.671. The molecule has 0 saturated carbocycles. The molecule has 0 nitrogen and oxygen atoms in total. The highest BCUT2D eigenvalue weighted by Gasteiger charge is 2.06. The van der Waals surface area contributed by atoms with Gasteiger partial charge in [0.1, 0.15) is 6.71 Å². The molecular weight excluding hydrogens is 167 g/mol. The smallest absolute Gasteiger partial charge is 0.0917 e. The van der Waals surface area contributed by atoms with Gasteiger partial charge in [-0.25, -0.2) is 0 Å². The predicted octanol–water partition coefficient (Wildman–Crippen LogP) is 5.05. The fourth-order valence-corrected chi connectivity index (χ4v) is 1.91. The molecule has 0 aromatic carbocycles. The minimum absolute atomic E-state index is 0.991. The normalized spacial score (nSPS) is 11.1. The SMILES string of the molecule is CC=CCCCCCCB(CC)CC. The van der Waals surface area contributed by atoms with E-state index < -0.39 is 0 Å². The molecule has 82 valence electrons. The first-order chi connectivity index (χ1) is 6.85. The first kappa shape index (κ1) is 13.8. The van der Waals surface area contributed by atoms with E-state index in [1.807, 2.05) is 0 Å². The Kier molecular flexibility index (Phi) is 10.7. The number of hydrogen-bond donors (Lipinski definition) is 0. The average molecular weight is 194 g/mol. The van der Waals surface area contributed by atoms with Crippen molar-refractivity contribution in [2.75, 3.05) is 0 Å². The Hall–Kier alpha value is -0.195. The van der Waals surface area contributed by atoms with Crippen LogP contribution in [0.25, 0.3) is 0 Å². The molecule has 0 bridgehead atoms. The van der Waals surface area contributed by atoms with Gasteiger partial charge in [0, 0.05) is 0 Å². The van der Waals surface area contributed by atoms with Crippen LogP contribution in [0.4, 0.5) is 0 Å². The minimum Gasteiger partial charge on any atom is -0.0917 e. The second-order valence-corrected chi connectivity index (χ2v) is 4.24. The van der Waals surface area contributed by atoms with Gasteiger partial charge in [-0.15, -0.1) is 0 Å². The van der Waals surface area contributed by atoms with Crippen molar-refractivity contribution in [2.45, 2.75) is 71.8 Å². The summed E-state index contributed by atoms with van der Waals surface area (Å²) in [6, 6.07) is 0. The summed E-state index contributed by atoms with van der Waals surface area (Å²) in [6.07, 6.45) is 15.6. The van der Waals surface area contributed by atoms with Crippen molar-refractivity contribution in [3.63, 3.8) is 0 Å². The van der Waals surface area contributed by atoms with Crippen molar-refractivity contribution in [2.24, 2.45) is 0 Å². The van der Waals surface area contributed by atoms with E-state index in [4.69, 9.17) is 0 Å². The van der Waals surface area contributed by atoms with Crippen molar-refractivity contribution in [1.82, 2.24) is 0 Å². The van der Waals surface area contributed by atoms with Gasteiger partial charge < -0.3 is 0 Å². The van der Waals surface area contributed by atoms with Crippen LogP contribution in [0.1, 0.15) is 52.9 Å². The van der Waals surface area contributed by atoms with E-state index in [2.05, 4.69) is 32.9 Å². The lowest BCUT2D eigenvalue weighted by Gasteiger charge is -2.07. The van der Waals surface area contributed by atoms with Crippen LogP contribution >= 0.6 is 0 Å². The molecule has 0 aromatic heterocycles. The molecule has 0 aliphatic rings. The Bertz CT molecular complexity index is 125. The zero-order valence-electron chi connectivity index (χ0n) is 10.4. The quantitative estimate of drug-likeness (QED) is 0.274. The summed E-state index contributed by atoms with van der Waals surface area (Å²) in [5.41, 5.74) is 0. The standard InChI is InChI=1S/C13H27B/c1-4-7-8-9-10-11-12-13-14(5-2)6-3/h4,7H,5-6,8-13H2,1-3H3. The second-order valence-electron chi connectivity index (χ2n) is 4.24. The molecule has 0 amide bonds. The third kappa shape index (κ3) is 8.41. The molecule has 0 spiro atoms. The molecule has 1 heteroatoms. The molecule has 0 unspecified atom stereocenters. The van der Waals surface area contributed by atoms with Crippen LogP contribution in [-0.2, 0) is 0 Å². The second kappa shape index (κ2) is 10.9. The molecule has 0 heterocycles.